The Hall–Kier alpha value is -3.01. The summed E-state index contributed by atoms with van der Waals surface area (Å²) in [7, 11) is 2.86. The molecule has 0 fully saturated rings. The third-order valence-corrected chi connectivity index (χ3v) is 3.68. The van der Waals surface area contributed by atoms with Crippen molar-refractivity contribution >= 4 is 22.6 Å². The van der Waals surface area contributed by atoms with Crippen LogP contribution in [0, 0.1) is 0 Å². The number of methoxy groups -OCH3 is 2. The van der Waals surface area contributed by atoms with Crippen LogP contribution in [0.3, 0.4) is 0 Å². The molecule has 0 aliphatic carbocycles. The zero-order chi connectivity index (χ0) is 16.2. The van der Waals surface area contributed by atoms with Crippen molar-refractivity contribution in [3.05, 3.63) is 67.1 Å². The summed E-state index contributed by atoms with van der Waals surface area (Å²) in [6.45, 7) is 0. The van der Waals surface area contributed by atoms with Gasteiger partial charge < -0.3 is 14.0 Å². The number of carbonyl (C=O) groups excluding carboxylic acids is 1. The van der Waals surface area contributed by atoms with Gasteiger partial charge in [-0.2, -0.15) is 0 Å². The lowest BCUT2D eigenvalue weighted by Gasteiger charge is -2.09. The number of esters is 1. The first-order valence-electron chi connectivity index (χ1n) is 7.23. The summed E-state index contributed by atoms with van der Waals surface area (Å²) < 4.78 is 11.7. The highest BCUT2D eigenvalue weighted by molar-refractivity contribution is 6.11. The molecule has 0 amide bonds. The molecule has 0 N–H and O–H groups in total. The van der Waals surface area contributed by atoms with Crippen LogP contribution in [-0.4, -0.2) is 24.8 Å². The molecular weight excluding hydrogens is 290 g/mol. The topological polar surface area (TPSA) is 40.5 Å². The van der Waals surface area contributed by atoms with Crippen molar-refractivity contribution in [1.29, 1.82) is 0 Å². The quantitative estimate of drug-likeness (QED) is 0.416. The van der Waals surface area contributed by atoms with Gasteiger partial charge in [0.15, 0.2) is 5.70 Å². The van der Waals surface area contributed by atoms with Crippen molar-refractivity contribution in [2.45, 2.75) is 0 Å². The lowest BCUT2D eigenvalue weighted by atomic mass is 10.0. The van der Waals surface area contributed by atoms with E-state index < -0.39 is 5.97 Å². The first-order chi connectivity index (χ1) is 11.2. The number of aromatic nitrogens is 1. The molecule has 0 aliphatic heterocycles. The van der Waals surface area contributed by atoms with Crippen LogP contribution in [0.15, 0.2) is 67.1 Å². The smallest absolute Gasteiger partial charge is 0.358 e. The van der Waals surface area contributed by atoms with E-state index >= 15 is 0 Å². The molecule has 116 valence electrons. The highest BCUT2D eigenvalue weighted by atomic mass is 16.5. The number of hydrogen-bond donors (Lipinski definition) is 0. The number of hydrogen-bond acceptors (Lipinski definition) is 3. The van der Waals surface area contributed by atoms with E-state index in [2.05, 4.69) is 24.3 Å². The Kier molecular flexibility index (Phi) is 4.15. The van der Waals surface area contributed by atoms with Crippen LogP contribution in [0.4, 0.5) is 0 Å². The average molecular weight is 307 g/mol. The lowest BCUT2D eigenvalue weighted by molar-refractivity contribution is -0.134. The Bertz CT molecular complexity index is 863. The fourth-order valence-electron chi connectivity index (χ4n) is 2.57. The predicted molar refractivity (Wildman–Crippen MR) is 90.7 cm³/mol. The second-order valence-electron chi connectivity index (χ2n) is 5.06. The average Bonchev–Trinajstić information content (AvgIpc) is 3.02. The third-order valence-electron chi connectivity index (χ3n) is 3.68. The van der Waals surface area contributed by atoms with Gasteiger partial charge in [0, 0.05) is 6.20 Å². The summed E-state index contributed by atoms with van der Waals surface area (Å²) in [6, 6.07) is 18.2. The monoisotopic (exact) mass is 307 g/mol. The summed E-state index contributed by atoms with van der Waals surface area (Å²) in [5, 5.41) is 1.04. The van der Waals surface area contributed by atoms with Crippen LogP contribution in [0.5, 0.6) is 0 Å². The highest BCUT2D eigenvalue weighted by Gasteiger charge is 2.15. The SMILES string of the molecule is CO/C=C(/C(=O)OC)n1ccc2ccc(-c3ccccc3)cc21. The van der Waals surface area contributed by atoms with Crippen molar-refractivity contribution in [3.63, 3.8) is 0 Å². The van der Waals surface area contributed by atoms with Crippen LogP contribution in [0.2, 0.25) is 0 Å². The van der Waals surface area contributed by atoms with Crippen LogP contribution in [0.25, 0.3) is 27.7 Å². The molecule has 3 rings (SSSR count). The predicted octanol–water partition coefficient (Wildman–Crippen LogP) is 3.93. The van der Waals surface area contributed by atoms with Gasteiger partial charge in [-0.25, -0.2) is 4.79 Å². The van der Waals surface area contributed by atoms with E-state index in [-0.39, 0.29) is 0 Å². The molecular formula is C19H17NO3. The standard InChI is InChI=1S/C19H17NO3/c1-22-13-18(19(21)23-2)20-11-10-15-8-9-16(12-17(15)20)14-6-4-3-5-7-14/h3-13H,1-2H3/b18-13-. The van der Waals surface area contributed by atoms with Gasteiger partial charge in [0.2, 0.25) is 0 Å². The maximum Gasteiger partial charge on any atom is 0.358 e. The van der Waals surface area contributed by atoms with Crippen LogP contribution in [0.1, 0.15) is 0 Å². The second-order valence-corrected chi connectivity index (χ2v) is 5.06. The van der Waals surface area contributed by atoms with E-state index in [1.807, 2.05) is 36.5 Å². The summed E-state index contributed by atoms with van der Waals surface area (Å²) >= 11 is 0. The van der Waals surface area contributed by atoms with Crippen molar-refractivity contribution in [2.75, 3.05) is 14.2 Å². The Morgan fingerprint density at radius 3 is 2.48 bits per heavy atom. The molecule has 4 nitrogen and oxygen atoms in total. The van der Waals surface area contributed by atoms with E-state index in [9.17, 15) is 4.79 Å². The number of nitrogens with zero attached hydrogens (tertiary/aromatic N) is 1. The number of rotatable bonds is 4. The molecule has 2 aromatic carbocycles. The van der Waals surface area contributed by atoms with Crippen LogP contribution >= 0.6 is 0 Å². The number of carbonyl (C=O) groups is 1. The molecule has 0 unspecified atom stereocenters. The van der Waals surface area contributed by atoms with Gasteiger partial charge in [-0.05, 0) is 28.6 Å². The number of ether oxygens (including phenoxy) is 2. The van der Waals surface area contributed by atoms with E-state index in [0.29, 0.717) is 5.70 Å². The van der Waals surface area contributed by atoms with Gasteiger partial charge in [0.05, 0.1) is 19.7 Å². The van der Waals surface area contributed by atoms with Gasteiger partial charge in [-0.3, -0.25) is 0 Å². The van der Waals surface area contributed by atoms with E-state index in [4.69, 9.17) is 9.47 Å². The van der Waals surface area contributed by atoms with Crippen LogP contribution < -0.4 is 0 Å². The third kappa shape index (κ3) is 2.83. The zero-order valence-corrected chi connectivity index (χ0v) is 13.0. The molecule has 23 heavy (non-hydrogen) atoms. The van der Waals surface area contributed by atoms with Gasteiger partial charge in [0.1, 0.15) is 6.26 Å². The minimum Gasteiger partial charge on any atom is -0.502 e. The summed E-state index contributed by atoms with van der Waals surface area (Å²) in [6.07, 6.45) is 3.22. The molecule has 4 heteroatoms. The Morgan fingerprint density at radius 1 is 1.00 bits per heavy atom. The van der Waals surface area contributed by atoms with Crippen molar-refractivity contribution in [2.24, 2.45) is 0 Å². The molecule has 0 spiro atoms. The number of benzene rings is 2. The Labute approximate surface area is 134 Å². The van der Waals surface area contributed by atoms with E-state index in [1.54, 1.807) is 4.57 Å². The maximum atomic E-state index is 12.0. The molecule has 1 aromatic heterocycles. The van der Waals surface area contributed by atoms with Crippen LogP contribution in [-0.2, 0) is 14.3 Å². The minimum absolute atomic E-state index is 0.329. The van der Waals surface area contributed by atoms with Crippen molar-refractivity contribution < 1.29 is 14.3 Å². The summed E-state index contributed by atoms with van der Waals surface area (Å²) in [5.41, 5.74) is 3.45. The van der Waals surface area contributed by atoms with Gasteiger partial charge in [-0.1, -0.05) is 42.5 Å². The molecule has 1 heterocycles. The zero-order valence-electron chi connectivity index (χ0n) is 13.0. The molecule has 0 aliphatic rings. The second kappa shape index (κ2) is 6.40. The first-order valence-corrected chi connectivity index (χ1v) is 7.23. The Balaban J connectivity index is 2.15. The minimum atomic E-state index is -0.450. The van der Waals surface area contributed by atoms with Crippen molar-refractivity contribution in [1.82, 2.24) is 4.57 Å². The molecule has 0 atom stereocenters. The van der Waals surface area contributed by atoms with Gasteiger partial charge in [0.25, 0.3) is 0 Å². The first kappa shape index (κ1) is 14.9. The van der Waals surface area contributed by atoms with Gasteiger partial charge in [-0.15, -0.1) is 0 Å². The Morgan fingerprint density at radius 2 is 1.78 bits per heavy atom. The van der Waals surface area contributed by atoms with Gasteiger partial charge >= 0.3 is 5.97 Å². The van der Waals surface area contributed by atoms with Crippen molar-refractivity contribution in [3.8, 4) is 11.1 Å². The fourth-order valence-corrected chi connectivity index (χ4v) is 2.57. The highest BCUT2D eigenvalue weighted by Crippen LogP contribution is 2.27. The van der Waals surface area contributed by atoms with E-state index in [0.717, 1.165) is 22.0 Å². The maximum absolute atomic E-state index is 12.0. The molecule has 0 saturated carbocycles. The summed E-state index contributed by atoms with van der Waals surface area (Å²) in [4.78, 5) is 12.0. The molecule has 0 saturated heterocycles. The summed E-state index contributed by atoms with van der Waals surface area (Å²) in [5.74, 6) is -0.450. The molecule has 3 aromatic rings. The number of fused-ring (bicyclic) bond motifs is 1. The molecule has 0 bridgehead atoms. The molecule has 0 radical (unpaired) electrons. The fraction of sp³-hybridized carbons (Fsp3) is 0.105. The normalized spacial score (nSPS) is 11.5. The van der Waals surface area contributed by atoms with E-state index in [1.165, 1.54) is 20.5 Å². The lowest BCUT2D eigenvalue weighted by Crippen LogP contribution is -2.10. The largest absolute Gasteiger partial charge is 0.502 e.